The lowest BCUT2D eigenvalue weighted by molar-refractivity contribution is 0.493. The molecule has 3 rings (SSSR count). The average Bonchev–Trinajstić information content (AvgIpc) is 2.56. The number of nitrogens with zero attached hydrogens (tertiary/aromatic N) is 5. The van der Waals surface area contributed by atoms with Crippen LogP contribution < -0.4 is 9.80 Å². The second-order valence-corrected chi connectivity index (χ2v) is 5.64. The number of aromatic nitrogens is 3. The van der Waals surface area contributed by atoms with Gasteiger partial charge in [-0.15, -0.1) is 0 Å². The largest absolute Gasteiger partial charge is 0.363 e. The van der Waals surface area contributed by atoms with Crippen molar-refractivity contribution in [3.63, 3.8) is 0 Å². The first-order chi connectivity index (χ1) is 10.2. The van der Waals surface area contributed by atoms with Crippen molar-refractivity contribution in [2.75, 3.05) is 37.0 Å². The Morgan fingerprint density at radius 3 is 2.62 bits per heavy atom. The smallest absolute Gasteiger partial charge is 0.147 e. The minimum atomic E-state index is 0.540. The Labute approximate surface area is 125 Å². The first-order valence-corrected chi connectivity index (χ1v) is 7.39. The summed E-state index contributed by atoms with van der Waals surface area (Å²) in [7, 11) is 4.06. The summed E-state index contributed by atoms with van der Waals surface area (Å²) in [4.78, 5) is 17.7. The third-order valence-corrected chi connectivity index (χ3v) is 4.00. The number of hydrogen-bond donors (Lipinski definition) is 0. The van der Waals surface area contributed by atoms with Gasteiger partial charge >= 0.3 is 0 Å². The van der Waals surface area contributed by atoms with Gasteiger partial charge in [0.05, 0.1) is 6.20 Å². The van der Waals surface area contributed by atoms with Gasteiger partial charge in [-0.25, -0.2) is 9.97 Å². The molecule has 1 saturated heterocycles. The molecule has 0 saturated carbocycles. The van der Waals surface area contributed by atoms with E-state index in [-0.39, 0.29) is 0 Å². The van der Waals surface area contributed by atoms with Crippen molar-refractivity contribution < 1.29 is 0 Å². The Morgan fingerprint density at radius 2 is 1.95 bits per heavy atom. The molecule has 3 heterocycles. The van der Waals surface area contributed by atoms with Crippen LogP contribution in [0.15, 0.2) is 36.8 Å². The molecular weight excluding hydrogens is 262 g/mol. The molecule has 110 valence electrons. The highest BCUT2D eigenvalue weighted by Crippen LogP contribution is 2.29. The van der Waals surface area contributed by atoms with Gasteiger partial charge < -0.3 is 9.80 Å². The molecule has 5 nitrogen and oxygen atoms in total. The van der Waals surface area contributed by atoms with Crippen LogP contribution in [0.4, 0.5) is 11.6 Å². The maximum Gasteiger partial charge on any atom is 0.147 e. The summed E-state index contributed by atoms with van der Waals surface area (Å²) in [5, 5.41) is 0. The Bertz CT molecular complexity index is 576. The van der Waals surface area contributed by atoms with E-state index in [1.807, 2.05) is 20.3 Å². The summed E-state index contributed by atoms with van der Waals surface area (Å²) in [6, 6.07) is 6.31. The Balaban J connectivity index is 1.67. The normalized spacial score (nSPS) is 16.0. The van der Waals surface area contributed by atoms with Gasteiger partial charge in [0, 0.05) is 51.2 Å². The van der Waals surface area contributed by atoms with Crippen molar-refractivity contribution in [3.8, 4) is 0 Å². The van der Waals surface area contributed by atoms with Gasteiger partial charge in [0.25, 0.3) is 0 Å². The Hall–Kier alpha value is -2.17. The SMILES string of the molecule is CN(C)c1cccc(C2CCN(c3cnccn3)CC2)n1. The fourth-order valence-electron chi connectivity index (χ4n) is 2.77. The van der Waals surface area contributed by atoms with Crippen LogP contribution in [0.3, 0.4) is 0 Å². The van der Waals surface area contributed by atoms with Crippen molar-refractivity contribution >= 4 is 11.6 Å². The number of pyridine rings is 1. The van der Waals surface area contributed by atoms with E-state index in [9.17, 15) is 0 Å². The average molecular weight is 283 g/mol. The van der Waals surface area contributed by atoms with Gasteiger partial charge in [0.1, 0.15) is 11.6 Å². The minimum absolute atomic E-state index is 0.540. The Kier molecular flexibility index (Phi) is 3.99. The molecule has 0 atom stereocenters. The van der Waals surface area contributed by atoms with Crippen molar-refractivity contribution in [1.29, 1.82) is 0 Å². The molecule has 5 heteroatoms. The van der Waals surface area contributed by atoms with Crippen LogP contribution in [-0.4, -0.2) is 42.1 Å². The number of hydrogen-bond acceptors (Lipinski definition) is 5. The van der Waals surface area contributed by atoms with Crippen LogP contribution in [0, 0.1) is 0 Å². The van der Waals surface area contributed by atoms with Gasteiger partial charge in [-0.1, -0.05) is 6.07 Å². The molecular formula is C16H21N5. The summed E-state index contributed by atoms with van der Waals surface area (Å²) < 4.78 is 0. The molecule has 0 bridgehead atoms. The second-order valence-electron chi connectivity index (χ2n) is 5.64. The molecule has 0 spiro atoms. The molecule has 1 aliphatic heterocycles. The lowest BCUT2D eigenvalue weighted by Gasteiger charge is -2.32. The zero-order valence-electron chi connectivity index (χ0n) is 12.6. The molecule has 21 heavy (non-hydrogen) atoms. The van der Waals surface area contributed by atoms with E-state index in [0.717, 1.165) is 37.6 Å². The van der Waals surface area contributed by atoms with Crippen molar-refractivity contribution in [1.82, 2.24) is 15.0 Å². The van der Waals surface area contributed by atoms with Gasteiger partial charge in [-0.05, 0) is 25.0 Å². The molecule has 0 aliphatic carbocycles. The first-order valence-electron chi connectivity index (χ1n) is 7.39. The lowest BCUT2D eigenvalue weighted by Crippen LogP contribution is -2.33. The quantitative estimate of drug-likeness (QED) is 0.865. The van der Waals surface area contributed by atoms with Gasteiger partial charge in [0.15, 0.2) is 0 Å². The maximum absolute atomic E-state index is 4.77. The van der Waals surface area contributed by atoms with Crippen LogP contribution in [0.1, 0.15) is 24.5 Å². The van der Waals surface area contributed by atoms with E-state index in [4.69, 9.17) is 4.98 Å². The lowest BCUT2D eigenvalue weighted by atomic mass is 9.93. The van der Waals surface area contributed by atoms with E-state index in [1.54, 1.807) is 12.4 Å². The summed E-state index contributed by atoms with van der Waals surface area (Å²) in [6.07, 6.45) is 7.53. The first kappa shape index (κ1) is 13.8. The topological polar surface area (TPSA) is 45.2 Å². The van der Waals surface area contributed by atoms with Gasteiger partial charge in [-0.3, -0.25) is 4.98 Å². The number of rotatable bonds is 3. The van der Waals surface area contributed by atoms with Crippen LogP contribution >= 0.6 is 0 Å². The van der Waals surface area contributed by atoms with Crippen molar-refractivity contribution in [2.45, 2.75) is 18.8 Å². The monoisotopic (exact) mass is 283 g/mol. The Morgan fingerprint density at radius 1 is 1.14 bits per heavy atom. The van der Waals surface area contributed by atoms with E-state index < -0.39 is 0 Å². The van der Waals surface area contributed by atoms with E-state index >= 15 is 0 Å². The van der Waals surface area contributed by atoms with Crippen LogP contribution in [0.2, 0.25) is 0 Å². The molecule has 0 unspecified atom stereocenters. The molecule has 1 fully saturated rings. The highest BCUT2D eigenvalue weighted by molar-refractivity contribution is 5.39. The third-order valence-electron chi connectivity index (χ3n) is 4.00. The fourth-order valence-corrected chi connectivity index (χ4v) is 2.77. The highest BCUT2D eigenvalue weighted by atomic mass is 15.2. The maximum atomic E-state index is 4.77. The van der Waals surface area contributed by atoms with Crippen LogP contribution in [-0.2, 0) is 0 Å². The minimum Gasteiger partial charge on any atom is -0.363 e. The summed E-state index contributed by atoms with van der Waals surface area (Å²) in [5.74, 6) is 2.55. The number of anilines is 2. The van der Waals surface area contributed by atoms with E-state index in [1.165, 1.54) is 5.69 Å². The predicted octanol–water partition coefficient (Wildman–Crippen LogP) is 2.32. The summed E-state index contributed by atoms with van der Waals surface area (Å²) in [6.45, 7) is 2.02. The van der Waals surface area contributed by atoms with Crippen LogP contribution in [0.25, 0.3) is 0 Å². The summed E-state index contributed by atoms with van der Waals surface area (Å²) in [5.41, 5.74) is 1.21. The molecule has 0 N–H and O–H groups in total. The zero-order chi connectivity index (χ0) is 14.7. The van der Waals surface area contributed by atoms with Gasteiger partial charge in [0.2, 0.25) is 0 Å². The second kappa shape index (κ2) is 6.08. The van der Waals surface area contributed by atoms with Crippen LogP contribution in [0.5, 0.6) is 0 Å². The van der Waals surface area contributed by atoms with E-state index in [0.29, 0.717) is 5.92 Å². The molecule has 0 aromatic carbocycles. The highest BCUT2D eigenvalue weighted by Gasteiger charge is 2.22. The zero-order valence-corrected chi connectivity index (χ0v) is 12.6. The van der Waals surface area contributed by atoms with Gasteiger partial charge in [-0.2, -0.15) is 0 Å². The van der Waals surface area contributed by atoms with Crippen molar-refractivity contribution in [2.24, 2.45) is 0 Å². The fraction of sp³-hybridized carbons (Fsp3) is 0.438. The standard InChI is InChI=1S/C16H21N5/c1-20(2)15-5-3-4-14(19-15)13-6-10-21(11-7-13)16-12-17-8-9-18-16/h3-5,8-9,12-13H,6-7,10-11H2,1-2H3. The third kappa shape index (κ3) is 3.12. The number of piperidine rings is 1. The molecule has 1 aliphatic rings. The predicted molar refractivity (Wildman–Crippen MR) is 84.8 cm³/mol. The van der Waals surface area contributed by atoms with E-state index in [2.05, 4.69) is 38.0 Å². The summed E-state index contributed by atoms with van der Waals surface area (Å²) >= 11 is 0. The molecule has 0 radical (unpaired) electrons. The van der Waals surface area contributed by atoms with Crippen molar-refractivity contribution in [3.05, 3.63) is 42.5 Å². The molecule has 2 aromatic heterocycles. The molecule has 2 aromatic rings. The molecule has 0 amide bonds.